The van der Waals surface area contributed by atoms with Crippen LogP contribution in [0.5, 0.6) is 0 Å². The van der Waals surface area contributed by atoms with Crippen molar-refractivity contribution in [2.75, 3.05) is 13.2 Å². The molecule has 0 spiro atoms. The van der Waals surface area contributed by atoms with E-state index in [1.54, 1.807) is 0 Å². The number of Topliss-reactive ketones (excluding diaryl/α,β-unsaturated/α-hetero) is 1. The Hall–Kier alpha value is -0.490. The van der Waals surface area contributed by atoms with Crippen LogP contribution in [0.15, 0.2) is 0 Å². The Labute approximate surface area is 63.2 Å². The second-order valence-corrected chi connectivity index (χ2v) is 2.44. The van der Waals surface area contributed by atoms with Crippen LogP contribution in [0.25, 0.3) is 0 Å². The molecule has 1 heterocycles. The molecule has 5 heteroatoms. The number of aliphatic hydroxyl groups excluding tert-OH is 3. The topological polar surface area (TPSA) is 87.0 Å². The van der Waals surface area contributed by atoms with Crippen LogP contribution in [-0.4, -0.2) is 52.6 Å². The predicted molar refractivity (Wildman–Crippen MR) is 33.8 cm³/mol. The van der Waals surface area contributed by atoms with E-state index in [1.807, 2.05) is 0 Å². The Bertz CT molecular complexity index is 157. The summed E-state index contributed by atoms with van der Waals surface area (Å²) in [6, 6.07) is 0. The molecule has 5 nitrogen and oxygen atoms in total. The molecule has 0 unspecified atom stereocenters. The molecule has 3 atom stereocenters. The van der Waals surface area contributed by atoms with E-state index >= 15 is 0 Å². The average Bonchev–Trinajstić information content (AvgIpc) is 2.32. The number of hydrogen-bond acceptors (Lipinski definition) is 5. The maximum absolute atomic E-state index is 10.6. The molecule has 0 saturated carbocycles. The fourth-order valence-corrected chi connectivity index (χ4v) is 0.963. The van der Waals surface area contributed by atoms with Crippen LogP contribution in [0.2, 0.25) is 0 Å². The first-order valence-electron chi connectivity index (χ1n) is 3.28. The molecule has 11 heavy (non-hydrogen) atoms. The summed E-state index contributed by atoms with van der Waals surface area (Å²) < 4.78 is 4.72. The van der Waals surface area contributed by atoms with Crippen molar-refractivity contribution in [3.05, 3.63) is 0 Å². The highest BCUT2D eigenvalue weighted by molar-refractivity contribution is 5.86. The molecule has 1 aliphatic rings. The second-order valence-electron chi connectivity index (χ2n) is 2.44. The molecule has 0 radical (unpaired) electrons. The standard InChI is InChI=1S/C6H10O5/c7-1-3(8)6-5(10)4(9)2-11-6/h3,5-8,10H,1-2H2/t3-,5+,6+/m1/s1. The molecule has 3 N–H and O–H groups in total. The van der Waals surface area contributed by atoms with E-state index in [0.717, 1.165) is 0 Å². The number of hydrogen-bond donors (Lipinski definition) is 3. The monoisotopic (exact) mass is 162 g/mol. The molecule has 0 aliphatic carbocycles. The molecule has 0 bridgehead atoms. The third-order valence-corrected chi connectivity index (χ3v) is 1.63. The molecule has 1 rings (SSSR count). The van der Waals surface area contributed by atoms with Crippen LogP contribution in [0.1, 0.15) is 0 Å². The highest BCUT2D eigenvalue weighted by Crippen LogP contribution is 2.13. The van der Waals surface area contributed by atoms with Crippen molar-refractivity contribution in [3.8, 4) is 0 Å². The zero-order valence-corrected chi connectivity index (χ0v) is 5.80. The van der Waals surface area contributed by atoms with Crippen molar-refractivity contribution in [2.45, 2.75) is 18.3 Å². The van der Waals surface area contributed by atoms with Crippen molar-refractivity contribution < 1.29 is 24.9 Å². The molecular weight excluding hydrogens is 152 g/mol. The number of ketones is 1. The first-order chi connectivity index (χ1) is 5.16. The first-order valence-corrected chi connectivity index (χ1v) is 3.28. The minimum Gasteiger partial charge on any atom is -0.394 e. The fraction of sp³-hybridized carbons (Fsp3) is 0.833. The van der Waals surface area contributed by atoms with Crippen molar-refractivity contribution in [1.29, 1.82) is 0 Å². The van der Waals surface area contributed by atoms with Gasteiger partial charge in [-0.2, -0.15) is 0 Å². The maximum atomic E-state index is 10.6. The van der Waals surface area contributed by atoms with E-state index in [2.05, 4.69) is 0 Å². The van der Waals surface area contributed by atoms with E-state index in [9.17, 15) is 4.79 Å². The number of rotatable bonds is 2. The summed E-state index contributed by atoms with van der Waals surface area (Å²) in [5.41, 5.74) is 0. The summed E-state index contributed by atoms with van der Waals surface area (Å²) in [7, 11) is 0. The third-order valence-electron chi connectivity index (χ3n) is 1.63. The van der Waals surface area contributed by atoms with Gasteiger partial charge in [0.25, 0.3) is 0 Å². The zero-order valence-electron chi connectivity index (χ0n) is 5.80. The number of ether oxygens (including phenoxy) is 1. The lowest BCUT2D eigenvalue weighted by Crippen LogP contribution is -2.38. The van der Waals surface area contributed by atoms with Crippen molar-refractivity contribution in [3.63, 3.8) is 0 Å². The van der Waals surface area contributed by atoms with Crippen LogP contribution in [-0.2, 0) is 9.53 Å². The van der Waals surface area contributed by atoms with Gasteiger partial charge in [-0.15, -0.1) is 0 Å². The second kappa shape index (κ2) is 3.27. The summed E-state index contributed by atoms with van der Waals surface area (Å²) in [4.78, 5) is 10.6. The van der Waals surface area contributed by atoms with Crippen molar-refractivity contribution in [2.24, 2.45) is 0 Å². The molecule has 64 valence electrons. The normalized spacial score (nSPS) is 34.3. The van der Waals surface area contributed by atoms with Gasteiger partial charge >= 0.3 is 0 Å². The highest BCUT2D eigenvalue weighted by Gasteiger charge is 2.38. The van der Waals surface area contributed by atoms with Crippen LogP contribution in [0.3, 0.4) is 0 Å². The summed E-state index contributed by atoms with van der Waals surface area (Å²) in [5, 5.41) is 26.4. The smallest absolute Gasteiger partial charge is 0.189 e. The average molecular weight is 162 g/mol. The van der Waals surface area contributed by atoms with Crippen LogP contribution >= 0.6 is 0 Å². The summed E-state index contributed by atoms with van der Waals surface area (Å²) >= 11 is 0. The van der Waals surface area contributed by atoms with E-state index in [-0.39, 0.29) is 6.61 Å². The maximum Gasteiger partial charge on any atom is 0.189 e. The number of carbonyl (C=O) groups excluding carboxylic acids is 1. The van der Waals surface area contributed by atoms with Gasteiger partial charge in [0.1, 0.15) is 24.9 Å². The van der Waals surface area contributed by atoms with Gasteiger partial charge in [-0.1, -0.05) is 0 Å². The van der Waals surface area contributed by atoms with Gasteiger partial charge in [0, 0.05) is 0 Å². The molecule has 1 aliphatic heterocycles. The van der Waals surface area contributed by atoms with E-state index in [0.29, 0.717) is 0 Å². The van der Waals surface area contributed by atoms with Crippen LogP contribution < -0.4 is 0 Å². The zero-order chi connectivity index (χ0) is 8.43. The summed E-state index contributed by atoms with van der Waals surface area (Å²) in [5.74, 6) is -0.456. The molecule has 0 aromatic heterocycles. The molecular formula is C6H10O5. The van der Waals surface area contributed by atoms with Gasteiger partial charge in [0.2, 0.25) is 0 Å². The minimum atomic E-state index is -1.29. The Kier molecular flexibility index (Phi) is 2.56. The number of aliphatic hydroxyl groups is 3. The summed E-state index contributed by atoms with van der Waals surface area (Å²) in [6.07, 6.45) is -3.44. The lowest BCUT2D eigenvalue weighted by Gasteiger charge is -2.16. The molecule has 1 fully saturated rings. The highest BCUT2D eigenvalue weighted by atomic mass is 16.5. The number of carbonyl (C=O) groups is 1. The molecule has 0 aromatic carbocycles. The van der Waals surface area contributed by atoms with Gasteiger partial charge in [-0.05, 0) is 0 Å². The SMILES string of the molecule is O=C1CO[C@@H]([C@H](O)CO)[C@H]1O. The lowest BCUT2D eigenvalue weighted by molar-refractivity contribution is -0.124. The molecule has 1 saturated heterocycles. The third kappa shape index (κ3) is 1.57. The Morgan fingerprint density at radius 2 is 2.36 bits per heavy atom. The largest absolute Gasteiger partial charge is 0.394 e. The Morgan fingerprint density at radius 1 is 1.73 bits per heavy atom. The summed E-state index contributed by atoms with van der Waals surface area (Å²) in [6.45, 7) is -0.710. The van der Waals surface area contributed by atoms with Crippen molar-refractivity contribution in [1.82, 2.24) is 0 Å². The predicted octanol–water partition coefficient (Wildman–Crippen LogP) is -2.33. The van der Waals surface area contributed by atoms with Gasteiger partial charge in [-0.3, -0.25) is 4.79 Å². The molecule has 0 aromatic rings. The fourth-order valence-electron chi connectivity index (χ4n) is 0.963. The van der Waals surface area contributed by atoms with E-state index < -0.39 is 30.7 Å². The quantitative estimate of drug-likeness (QED) is 0.424. The van der Waals surface area contributed by atoms with Gasteiger partial charge in [0.05, 0.1) is 6.61 Å². The van der Waals surface area contributed by atoms with Gasteiger partial charge in [-0.25, -0.2) is 0 Å². The van der Waals surface area contributed by atoms with E-state index in [1.165, 1.54) is 0 Å². The Balaban J connectivity index is 2.54. The van der Waals surface area contributed by atoms with Crippen LogP contribution in [0.4, 0.5) is 0 Å². The van der Waals surface area contributed by atoms with E-state index in [4.69, 9.17) is 20.1 Å². The minimum absolute atomic E-state index is 0.192. The Morgan fingerprint density at radius 3 is 2.73 bits per heavy atom. The van der Waals surface area contributed by atoms with Crippen LogP contribution in [0, 0.1) is 0 Å². The van der Waals surface area contributed by atoms with Crippen molar-refractivity contribution >= 4 is 5.78 Å². The first kappa shape index (κ1) is 8.61. The van der Waals surface area contributed by atoms with Gasteiger partial charge < -0.3 is 20.1 Å². The molecule has 0 amide bonds. The lowest BCUT2D eigenvalue weighted by atomic mass is 10.1. The van der Waals surface area contributed by atoms with Gasteiger partial charge in [0.15, 0.2) is 5.78 Å².